The molecule has 5 aromatic rings. The van der Waals surface area contributed by atoms with Crippen LogP contribution in [0.2, 0.25) is 0 Å². The smallest absolute Gasteiger partial charge is 0.272 e. The first-order chi connectivity index (χ1) is 23.2. The number of rotatable bonds is 13. The van der Waals surface area contributed by atoms with Crippen LogP contribution in [0.1, 0.15) is 68.6 Å². The number of para-hydroxylation sites is 1. The van der Waals surface area contributed by atoms with Crippen molar-refractivity contribution in [2.45, 2.75) is 26.2 Å². The SMILES string of the molecule is CCCCNC(=N)CCNC(=O)c1cc(NC(=O)c2cc(NC(=O)c3ccc(/C=C/c4cnc5ccccc5c4)cc3)cn2C)cn1C. The Labute approximate surface area is 279 Å². The zero-order valence-electron chi connectivity index (χ0n) is 27.3. The summed E-state index contributed by atoms with van der Waals surface area (Å²) in [5.74, 6) is -0.597. The Balaban J connectivity index is 1.14. The van der Waals surface area contributed by atoms with Crippen molar-refractivity contribution in [1.82, 2.24) is 24.8 Å². The van der Waals surface area contributed by atoms with Crippen LogP contribution in [-0.4, -0.2) is 50.8 Å². The number of pyridine rings is 1. The fraction of sp³-hybridized carbons (Fsp3) is 0.216. The van der Waals surface area contributed by atoms with Gasteiger partial charge in [-0.25, -0.2) is 0 Å². The van der Waals surface area contributed by atoms with Gasteiger partial charge in [0.2, 0.25) is 0 Å². The fourth-order valence-corrected chi connectivity index (χ4v) is 5.13. The first kappa shape index (κ1) is 33.4. The summed E-state index contributed by atoms with van der Waals surface area (Å²) in [6.07, 6.45) is 11.6. The van der Waals surface area contributed by atoms with Gasteiger partial charge in [0.15, 0.2) is 0 Å². The van der Waals surface area contributed by atoms with E-state index in [1.807, 2.05) is 54.7 Å². The quantitative estimate of drug-likeness (QED) is 0.0600. The molecule has 0 atom stereocenters. The molecule has 0 aliphatic carbocycles. The first-order valence-electron chi connectivity index (χ1n) is 15.9. The van der Waals surface area contributed by atoms with Gasteiger partial charge in [-0.1, -0.05) is 55.8 Å². The van der Waals surface area contributed by atoms with Gasteiger partial charge in [0.1, 0.15) is 11.4 Å². The van der Waals surface area contributed by atoms with Crippen molar-refractivity contribution in [1.29, 1.82) is 5.41 Å². The van der Waals surface area contributed by atoms with Crippen LogP contribution in [0.3, 0.4) is 0 Å². The van der Waals surface area contributed by atoms with Gasteiger partial charge in [-0.2, -0.15) is 0 Å². The number of hydrogen-bond donors (Lipinski definition) is 5. The summed E-state index contributed by atoms with van der Waals surface area (Å²) in [6, 6.07) is 20.5. The van der Waals surface area contributed by atoms with Crippen LogP contribution in [0.5, 0.6) is 0 Å². The van der Waals surface area contributed by atoms with E-state index in [2.05, 4.69) is 39.2 Å². The second-order valence-corrected chi connectivity index (χ2v) is 11.5. The first-order valence-corrected chi connectivity index (χ1v) is 15.9. The maximum Gasteiger partial charge on any atom is 0.272 e. The third-order valence-corrected chi connectivity index (χ3v) is 7.77. The number of nitrogens with zero attached hydrogens (tertiary/aromatic N) is 3. The molecule has 3 heterocycles. The number of benzene rings is 2. The van der Waals surface area contributed by atoms with Gasteiger partial charge >= 0.3 is 0 Å². The maximum atomic E-state index is 13.1. The summed E-state index contributed by atoms with van der Waals surface area (Å²) in [7, 11) is 3.44. The van der Waals surface area contributed by atoms with Gasteiger partial charge in [0.05, 0.1) is 22.7 Å². The van der Waals surface area contributed by atoms with E-state index in [0.29, 0.717) is 47.1 Å². The summed E-state index contributed by atoms with van der Waals surface area (Å²) in [5.41, 5.74) is 4.99. The predicted molar refractivity (Wildman–Crippen MR) is 191 cm³/mol. The van der Waals surface area contributed by atoms with E-state index < -0.39 is 0 Å². The number of amides is 3. The molecule has 0 saturated carbocycles. The minimum absolute atomic E-state index is 0.297. The van der Waals surface area contributed by atoms with Gasteiger partial charge in [0, 0.05) is 63.1 Å². The molecule has 0 aliphatic rings. The molecule has 5 rings (SSSR count). The molecule has 5 N–H and O–H groups in total. The Morgan fingerprint density at radius 3 is 2.12 bits per heavy atom. The minimum atomic E-state index is -0.389. The van der Waals surface area contributed by atoms with Gasteiger partial charge < -0.3 is 30.4 Å². The van der Waals surface area contributed by atoms with Crippen molar-refractivity contribution in [3.8, 4) is 0 Å². The monoisotopic (exact) mass is 644 g/mol. The molecule has 2 aromatic carbocycles. The van der Waals surface area contributed by atoms with Crippen LogP contribution >= 0.6 is 0 Å². The van der Waals surface area contributed by atoms with Crippen LogP contribution in [0.4, 0.5) is 11.4 Å². The van der Waals surface area contributed by atoms with Crippen LogP contribution in [0.25, 0.3) is 23.1 Å². The average Bonchev–Trinajstić information content (AvgIpc) is 3.64. The maximum absolute atomic E-state index is 13.1. The number of nitrogens with one attached hydrogen (secondary N) is 5. The third kappa shape index (κ3) is 8.64. The largest absolute Gasteiger partial charge is 0.374 e. The highest BCUT2D eigenvalue weighted by Gasteiger charge is 2.17. The van der Waals surface area contributed by atoms with Gasteiger partial charge in [0.25, 0.3) is 17.7 Å². The normalized spacial score (nSPS) is 11.1. The van der Waals surface area contributed by atoms with E-state index >= 15 is 0 Å². The van der Waals surface area contributed by atoms with Gasteiger partial charge in [-0.05, 0) is 53.9 Å². The lowest BCUT2D eigenvalue weighted by molar-refractivity contribution is 0.0945. The zero-order chi connectivity index (χ0) is 34.0. The molecular weight excluding hydrogens is 604 g/mol. The number of carbonyl (C=O) groups excluding carboxylic acids is 3. The van der Waals surface area contributed by atoms with Crippen molar-refractivity contribution in [3.05, 3.63) is 113 Å². The standard InChI is InChI=1S/C37H40N8O3/c1-4-5-17-39-34(38)16-18-40-36(47)32-20-30(24-44(32)2)43-37(48)33-21-29(23-45(33)3)42-35(46)27-14-12-25(13-15-27)10-11-26-19-28-8-6-7-9-31(28)41-22-26/h6-15,19-24H,4-5,16-18H2,1-3H3,(H2,38,39)(H,40,47)(H,42,46)(H,43,48)/b11-10+. The number of amidine groups is 1. The van der Waals surface area contributed by atoms with Crippen molar-refractivity contribution in [2.75, 3.05) is 23.7 Å². The lowest BCUT2D eigenvalue weighted by atomic mass is 10.1. The second kappa shape index (κ2) is 15.5. The summed E-state index contributed by atoms with van der Waals surface area (Å²) in [6.45, 7) is 3.16. The van der Waals surface area contributed by atoms with Crippen molar-refractivity contribution >= 4 is 58.0 Å². The average molecular weight is 645 g/mol. The van der Waals surface area contributed by atoms with Crippen molar-refractivity contribution in [2.24, 2.45) is 14.1 Å². The van der Waals surface area contributed by atoms with E-state index in [9.17, 15) is 14.4 Å². The highest BCUT2D eigenvalue weighted by atomic mass is 16.2. The Bertz CT molecular complexity index is 1970. The number of carbonyl (C=O) groups is 3. The topological polar surface area (TPSA) is 146 Å². The van der Waals surface area contributed by atoms with E-state index in [1.165, 1.54) is 0 Å². The number of anilines is 2. The lowest BCUT2D eigenvalue weighted by Crippen LogP contribution is -2.31. The highest BCUT2D eigenvalue weighted by Crippen LogP contribution is 2.19. The van der Waals surface area contributed by atoms with Crippen LogP contribution in [0, 0.1) is 5.41 Å². The Hall–Kier alpha value is -5.97. The van der Waals surface area contributed by atoms with Crippen LogP contribution in [0.15, 0.2) is 85.3 Å². The van der Waals surface area contributed by atoms with E-state index in [4.69, 9.17) is 5.41 Å². The summed E-state index contributed by atoms with van der Waals surface area (Å²) >= 11 is 0. The molecule has 246 valence electrons. The number of aromatic nitrogens is 3. The zero-order valence-corrected chi connectivity index (χ0v) is 27.3. The van der Waals surface area contributed by atoms with Crippen molar-refractivity contribution < 1.29 is 14.4 Å². The molecule has 0 bridgehead atoms. The Morgan fingerprint density at radius 1 is 0.771 bits per heavy atom. The highest BCUT2D eigenvalue weighted by molar-refractivity contribution is 6.07. The number of hydrogen-bond acceptors (Lipinski definition) is 5. The number of unbranched alkanes of at least 4 members (excludes halogenated alkanes) is 1. The number of aryl methyl sites for hydroxylation is 2. The molecular formula is C37H40N8O3. The molecule has 0 spiro atoms. The molecule has 48 heavy (non-hydrogen) atoms. The minimum Gasteiger partial charge on any atom is -0.374 e. The Kier molecular flexibility index (Phi) is 10.8. The van der Waals surface area contributed by atoms with Crippen LogP contribution in [-0.2, 0) is 14.1 Å². The molecule has 0 fully saturated rings. The van der Waals surface area contributed by atoms with E-state index in [0.717, 1.165) is 41.4 Å². The van der Waals surface area contributed by atoms with Crippen molar-refractivity contribution in [3.63, 3.8) is 0 Å². The Morgan fingerprint density at radius 2 is 1.42 bits per heavy atom. The summed E-state index contributed by atoms with van der Waals surface area (Å²) < 4.78 is 3.26. The second-order valence-electron chi connectivity index (χ2n) is 11.5. The molecule has 3 amide bonds. The molecule has 0 unspecified atom stereocenters. The molecule has 11 nitrogen and oxygen atoms in total. The molecule has 11 heteroatoms. The number of fused-ring (bicyclic) bond motifs is 1. The fourth-order valence-electron chi connectivity index (χ4n) is 5.13. The molecule has 0 saturated heterocycles. The van der Waals surface area contributed by atoms with E-state index in [-0.39, 0.29) is 17.7 Å². The lowest BCUT2D eigenvalue weighted by Gasteiger charge is -2.08. The predicted octanol–water partition coefficient (Wildman–Crippen LogP) is 6.07. The summed E-state index contributed by atoms with van der Waals surface area (Å²) in [4.78, 5) is 43.3. The summed E-state index contributed by atoms with van der Waals surface area (Å²) in [5, 5.41) is 20.6. The third-order valence-electron chi connectivity index (χ3n) is 7.77. The van der Waals surface area contributed by atoms with Crippen LogP contribution < -0.4 is 21.3 Å². The molecule has 0 aliphatic heterocycles. The van der Waals surface area contributed by atoms with Gasteiger partial charge in [-0.3, -0.25) is 24.8 Å². The molecule has 3 aromatic heterocycles. The van der Waals surface area contributed by atoms with E-state index in [1.54, 1.807) is 59.9 Å². The van der Waals surface area contributed by atoms with Gasteiger partial charge in [-0.15, -0.1) is 0 Å². The molecule has 0 radical (unpaired) electrons.